The highest BCUT2D eigenvalue weighted by molar-refractivity contribution is 5.71. The predicted octanol–water partition coefficient (Wildman–Crippen LogP) is 16.6. The fourth-order valence-corrected chi connectivity index (χ4v) is 6.50. The van der Waals surface area contributed by atoms with Crippen molar-refractivity contribution in [3.63, 3.8) is 0 Å². The average molecular weight is 861 g/mol. The van der Waals surface area contributed by atoms with E-state index in [9.17, 15) is 14.4 Å². The highest BCUT2D eigenvalue weighted by Gasteiger charge is 2.19. The van der Waals surface area contributed by atoms with Gasteiger partial charge in [-0.15, -0.1) is 0 Å². The summed E-state index contributed by atoms with van der Waals surface area (Å²) in [5, 5.41) is 0. The minimum Gasteiger partial charge on any atom is -0.462 e. The van der Waals surface area contributed by atoms with Gasteiger partial charge in [-0.1, -0.05) is 195 Å². The lowest BCUT2D eigenvalue weighted by Crippen LogP contribution is -2.30. The van der Waals surface area contributed by atoms with Crippen molar-refractivity contribution in [3.05, 3.63) is 97.2 Å². The Labute approximate surface area is 381 Å². The van der Waals surface area contributed by atoms with E-state index in [4.69, 9.17) is 14.2 Å². The van der Waals surface area contributed by atoms with Crippen LogP contribution in [0.1, 0.15) is 220 Å². The molecule has 0 amide bonds. The average Bonchev–Trinajstić information content (AvgIpc) is 3.27. The molecule has 0 bridgehead atoms. The van der Waals surface area contributed by atoms with Crippen LogP contribution in [0.3, 0.4) is 0 Å². The maximum absolute atomic E-state index is 12.8. The Morgan fingerprint density at radius 2 is 0.677 bits per heavy atom. The van der Waals surface area contributed by atoms with Crippen molar-refractivity contribution >= 4 is 17.9 Å². The molecule has 0 radical (unpaired) electrons. The standard InChI is InChI=1S/C56H92O6/c1-4-7-10-13-16-19-22-24-26-27-28-29-30-32-34-37-40-43-46-49-55(58)61-52-53(51-60-54(57)48-45-42-39-36-33-21-18-15-12-9-6-3)62-56(59)50-47-44-41-38-35-31-25-23-20-17-14-11-8-5-2/h7,10,15-16,18-19,23-26,28-29,32,34,40,43,53H,4-6,8-9,11-14,17,20-22,27,30-31,33,35-39,41-42,44-52H2,1-3H3/b10-7-,18-15-,19-16-,25-23-,26-24-,29-28-,34-32-,43-40-. The fourth-order valence-electron chi connectivity index (χ4n) is 6.50. The first-order chi connectivity index (χ1) is 30.5. The second-order valence-electron chi connectivity index (χ2n) is 16.3. The molecule has 352 valence electrons. The fraction of sp³-hybridized carbons (Fsp3) is 0.661. The normalized spacial score (nSPS) is 12.9. The summed E-state index contributed by atoms with van der Waals surface area (Å²) in [6, 6.07) is 0. The maximum Gasteiger partial charge on any atom is 0.306 e. The number of rotatable bonds is 44. The maximum atomic E-state index is 12.8. The molecule has 0 aromatic heterocycles. The van der Waals surface area contributed by atoms with Crippen LogP contribution < -0.4 is 0 Å². The Kier molecular flexibility index (Phi) is 47.0. The first kappa shape index (κ1) is 58.3. The highest BCUT2D eigenvalue weighted by atomic mass is 16.6. The van der Waals surface area contributed by atoms with Crippen LogP contribution in [0.5, 0.6) is 0 Å². The summed E-state index contributed by atoms with van der Waals surface area (Å²) in [4.78, 5) is 37.9. The van der Waals surface area contributed by atoms with Crippen LogP contribution in [0.25, 0.3) is 0 Å². The lowest BCUT2D eigenvalue weighted by molar-refractivity contribution is -0.166. The van der Waals surface area contributed by atoms with Crippen LogP contribution >= 0.6 is 0 Å². The van der Waals surface area contributed by atoms with Crippen molar-refractivity contribution in [1.82, 2.24) is 0 Å². The van der Waals surface area contributed by atoms with E-state index in [2.05, 4.69) is 106 Å². The number of unbranched alkanes of at least 4 members (excludes halogenated alkanes) is 17. The Hall–Kier alpha value is -3.67. The second-order valence-corrected chi connectivity index (χ2v) is 16.3. The number of esters is 3. The van der Waals surface area contributed by atoms with E-state index in [0.29, 0.717) is 19.3 Å². The number of hydrogen-bond donors (Lipinski definition) is 0. The Morgan fingerprint density at radius 3 is 1.13 bits per heavy atom. The van der Waals surface area contributed by atoms with E-state index in [0.717, 1.165) is 103 Å². The minimum absolute atomic E-state index is 0.109. The molecule has 6 heteroatoms. The van der Waals surface area contributed by atoms with E-state index in [-0.39, 0.29) is 37.5 Å². The molecule has 0 heterocycles. The van der Waals surface area contributed by atoms with E-state index in [1.807, 2.05) is 12.2 Å². The number of carbonyl (C=O) groups excluding carboxylic acids is 3. The minimum atomic E-state index is -0.815. The summed E-state index contributed by atoms with van der Waals surface area (Å²) in [7, 11) is 0. The van der Waals surface area contributed by atoms with Crippen molar-refractivity contribution in [1.29, 1.82) is 0 Å². The smallest absolute Gasteiger partial charge is 0.306 e. The molecule has 0 aliphatic heterocycles. The van der Waals surface area contributed by atoms with Gasteiger partial charge < -0.3 is 14.2 Å². The third kappa shape index (κ3) is 47.4. The first-order valence-corrected chi connectivity index (χ1v) is 25.2. The molecule has 0 saturated carbocycles. The van der Waals surface area contributed by atoms with Crippen molar-refractivity contribution in [2.24, 2.45) is 0 Å². The largest absolute Gasteiger partial charge is 0.462 e. The molecule has 62 heavy (non-hydrogen) atoms. The molecule has 0 aliphatic rings. The Morgan fingerprint density at radius 1 is 0.339 bits per heavy atom. The molecule has 1 atom stereocenters. The van der Waals surface area contributed by atoms with Crippen LogP contribution in [0.2, 0.25) is 0 Å². The van der Waals surface area contributed by atoms with E-state index < -0.39 is 6.10 Å². The van der Waals surface area contributed by atoms with Gasteiger partial charge in [-0.3, -0.25) is 14.4 Å². The van der Waals surface area contributed by atoms with E-state index in [1.165, 1.54) is 70.6 Å². The zero-order valence-electron chi connectivity index (χ0n) is 40.1. The molecular weight excluding hydrogens is 769 g/mol. The predicted molar refractivity (Wildman–Crippen MR) is 265 cm³/mol. The van der Waals surface area contributed by atoms with Gasteiger partial charge >= 0.3 is 17.9 Å². The van der Waals surface area contributed by atoms with Gasteiger partial charge in [0.1, 0.15) is 13.2 Å². The highest BCUT2D eigenvalue weighted by Crippen LogP contribution is 2.13. The van der Waals surface area contributed by atoms with Crippen LogP contribution in [0.4, 0.5) is 0 Å². The summed E-state index contributed by atoms with van der Waals surface area (Å²) in [5.41, 5.74) is 0. The van der Waals surface area contributed by atoms with Gasteiger partial charge in [0.05, 0.1) is 0 Å². The number of allylic oxidation sites excluding steroid dienone is 16. The van der Waals surface area contributed by atoms with Crippen LogP contribution in [0.15, 0.2) is 97.2 Å². The van der Waals surface area contributed by atoms with Crippen molar-refractivity contribution in [3.8, 4) is 0 Å². The zero-order valence-corrected chi connectivity index (χ0v) is 40.1. The molecule has 0 N–H and O–H groups in total. The van der Waals surface area contributed by atoms with Crippen LogP contribution in [0, 0.1) is 0 Å². The second kappa shape index (κ2) is 50.0. The summed E-state index contributed by atoms with van der Waals surface area (Å²) in [5.74, 6) is -1.02. The lowest BCUT2D eigenvalue weighted by atomic mass is 10.1. The number of hydrogen-bond acceptors (Lipinski definition) is 6. The molecule has 1 unspecified atom stereocenters. The molecule has 6 nitrogen and oxygen atoms in total. The van der Waals surface area contributed by atoms with Gasteiger partial charge in [0.25, 0.3) is 0 Å². The van der Waals surface area contributed by atoms with Crippen molar-refractivity contribution in [2.75, 3.05) is 13.2 Å². The Bertz CT molecular complexity index is 1260. The molecule has 0 fully saturated rings. The van der Waals surface area contributed by atoms with E-state index >= 15 is 0 Å². The monoisotopic (exact) mass is 861 g/mol. The third-order valence-electron chi connectivity index (χ3n) is 10.3. The van der Waals surface area contributed by atoms with E-state index in [1.54, 1.807) is 0 Å². The summed E-state index contributed by atoms with van der Waals surface area (Å²) in [6.07, 6.45) is 65.4. The molecule has 0 rings (SSSR count). The van der Waals surface area contributed by atoms with Gasteiger partial charge in [0.2, 0.25) is 0 Å². The number of ether oxygens (including phenoxy) is 3. The van der Waals surface area contributed by atoms with Crippen LogP contribution in [-0.4, -0.2) is 37.2 Å². The summed E-state index contributed by atoms with van der Waals surface area (Å²) < 4.78 is 16.7. The quantitative estimate of drug-likeness (QED) is 0.0263. The van der Waals surface area contributed by atoms with Crippen molar-refractivity contribution < 1.29 is 28.6 Å². The molecule has 0 aromatic rings. The summed E-state index contributed by atoms with van der Waals surface area (Å²) in [6.45, 7) is 6.38. The van der Waals surface area contributed by atoms with Gasteiger partial charge in [-0.2, -0.15) is 0 Å². The van der Waals surface area contributed by atoms with Gasteiger partial charge in [-0.05, 0) is 103 Å². The first-order valence-electron chi connectivity index (χ1n) is 25.2. The van der Waals surface area contributed by atoms with Gasteiger partial charge in [0.15, 0.2) is 6.10 Å². The molecule has 0 aliphatic carbocycles. The molecule has 0 aromatic carbocycles. The third-order valence-corrected chi connectivity index (χ3v) is 10.3. The Balaban J connectivity index is 4.51. The lowest BCUT2D eigenvalue weighted by Gasteiger charge is -2.18. The van der Waals surface area contributed by atoms with Gasteiger partial charge in [-0.25, -0.2) is 0 Å². The molecule has 0 saturated heterocycles. The number of carbonyl (C=O) groups is 3. The molecular formula is C56H92O6. The van der Waals surface area contributed by atoms with Gasteiger partial charge in [0, 0.05) is 19.3 Å². The van der Waals surface area contributed by atoms with Crippen molar-refractivity contribution in [2.45, 2.75) is 226 Å². The molecule has 0 spiro atoms. The zero-order chi connectivity index (χ0) is 45.1. The SMILES string of the molecule is CC/C=C\C/C=C\C/C=C\C/C=C\C/C=C\C/C=C\CCC(=O)OCC(COC(=O)CCCCCCC/C=C\CCCC)OC(=O)CCCCCCC/C=C\CCCCCCC. The topological polar surface area (TPSA) is 78.9 Å². The van der Waals surface area contributed by atoms with Crippen LogP contribution in [-0.2, 0) is 28.6 Å². The summed E-state index contributed by atoms with van der Waals surface area (Å²) >= 11 is 0.